The molecule has 92 valence electrons. The maximum Gasteiger partial charge on any atom is 0.341 e. The number of nitrogens with zero attached hydrogens (tertiary/aromatic N) is 1. The molecule has 4 nitrogen and oxygen atoms in total. The van der Waals surface area contributed by atoms with Crippen molar-refractivity contribution in [3.63, 3.8) is 0 Å². The number of aromatic nitrogens is 1. The molecule has 2 rings (SSSR count). The molecule has 0 spiro atoms. The van der Waals surface area contributed by atoms with Crippen molar-refractivity contribution in [1.82, 2.24) is 4.98 Å². The Kier molecular flexibility index (Phi) is 3.79. The van der Waals surface area contributed by atoms with Crippen LogP contribution in [0.25, 0.3) is 11.1 Å². The third kappa shape index (κ3) is 2.99. The Hall–Kier alpha value is -2.07. The van der Waals surface area contributed by atoms with Gasteiger partial charge in [-0.15, -0.1) is 0 Å². The summed E-state index contributed by atoms with van der Waals surface area (Å²) in [5.74, 6) is -0.686. The Balaban J connectivity index is 2.22. The van der Waals surface area contributed by atoms with Crippen molar-refractivity contribution < 1.29 is 14.6 Å². The Bertz CT molecular complexity index is 557. The summed E-state index contributed by atoms with van der Waals surface area (Å²) in [6, 6.07) is 8.91. The Labute approximate surface area is 109 Å². The number of rotatable bonds is 4. The molecule has 0 radical (unpaired) electrons. The largest absolute Gasteiger partial charge is 0.480 e. The minimum Gasteiger partial charge on any atom is -0.480 e. The predicted molar refractivity (Wildman–Crippen MR) is 67.8 cm³/mol. The van der Waals surface area contributed by atoms with E-state index < -0.39 is 12.6 Å². The monoisotopic (exact) mass is 263 g/mol. The van der Waals surface area contributed by atoms with E-state index in [1.54, 1.807) is 30.6 Å². The van der Waals surface area contributed by atoms with Gasteiger partial charge in [0.15, 0.2) is 6.61 Å². The lowest BCUT2D eigenvalue weighted by atomic mass is 10.1. The van der Waals surface area contributed by atoms with Crippen LogP contribution in [0.3, 0.4) is 0 Å². The average molecular weight is 264 g/mol. The number of carbonyl (C=O) groups is 1. The first-order valence-electron chi connectivity index (χ1n) is 5.21. The van der Waals surface area contributed by atoms with Crippen LogP contribution in [-0.2, 0) is 4.79 Å². The first kappa shape index (κ1) is 12.4. The first-order valence-corrected chi connectivity index (χ1v) is 5.59. The summed E-state index contributed by atoms with van der Waals surface area (Å²) in [5, 5.41) is 8.89. The normalized spacial score (nSPS) is 10.1. The third-order valence-corrected chi connectivity index (χ3v) is 2.57. The molecule has 0 aliphatic rings. The van der Waals surface area contributed by atoms with Crippen molar-refractivity contribution in [2.75, 3.05) is 6.61 Å². The lowest BCUT2D eigenvalue weighted by molar-refractivity contribution is -0.139. The van der Waals surface area contributed by atoms with Gasteiger partial charge in [0.25, 0.3) is 0 Å². The number of hydrogen-bond acceptors (Lipinski definition) is 3. The van der Waals surface area contributed by atoms with Crippen LogP contribution in [0.15, 0.2) is 42.7 Å². The minimum atomic E-state index is -1.04. The van der Waals surface area contributed by atoms with Crippen molar-refractivity contribution in [2.24, 2.45) is 0 Å². The van der Waals surface area contributed by atoms with Crippen LogP contribution in [0.5, 0.6) is 5.75 Å². The van der Waals surface area contributed by atoms with Crippen molar-refractivity contribution in [1.29, 1.82) is 0 Å². The zero-order valence-corrected chi connectivity index (χ0v) is 10.1. The number of carboxylic acid groups (broad SMARTS) is 1. The highest BCUT2D eigenvalue weighted by atomic mass is 35.5. The summed E-state index contributed by atoms with van der Waals surface area (Å²) in [6.07, 6.45) is 3.42. The quantitative estimate of drug-likeness (QED) is 0.921. The number of ether oxygens (including phenoxy) is 1. The molecule has 0 bridgehead atoms. The van der Waals surface area contributed by atoms with Gasteiger partial charge in [0, 0.05) is 18.0 Å². The Morgan fingerprint density at radius 2 is 2.17 bits per heavy atom. The second-order valence-electron chi connectivity index (χ2n) is 3.57. The Morgan fingerprint density at radius 1 is 1.33 bits per heavy atom. The van der Waals surface area contributed by atoms with Crippen LogP contribution in [0.1, 0.15) is 0 Å². The molecule has 1 aromatic heterocycles. The van der Waals surface area contributed by atoms with Crippen LogP contribution in [0, 0.1) is 0 Å². The standard InChI is InChI=1S/C13H10ClNO3/c14-11-6-9(10-2-1-5-15-7-10)3-4-12(11)18-8-13(16)17/h1-7H,8H2,(H,16,17). The zero-order chi connectivity index (χ0) is 13.0. The number of hydrogen-bond donors (Lipinski definition) is 1. The van der Waals surface area contributed by atoms with Gasteiger partial charge in [-0.3, -0.25) is 4.98 Å². The van der Waals surface area contributed by atoms with E-state index in [-0.39, 0.29) is 0 Å². The van der Waals surface area contributed by atoms with Gasteiger partial charge >= 0.3 is 5.97 Å². The number of pyridine rings is 1. The summed E-state index contributed by atoms with van der Waals surface area (Å²) in [7, 11) is 0. The molecule has 2 aromatic rings. The predicted octanol–water partition coefficient (Wildman–Crippen LogP) is 2.87. The fourth-order valence-electron chi connectivity index (χ4n) is 1.47. The van der Waals surface area contributed by atoms with Crippen LogP contribution < -0.4 is 4.74 Å². The Morgan fingerprint density at radius 3 is 2.78 bits per heavy atom. The lowest BCUT2D eigenvalue weighted by Crippen LogP contribution is -2.09. The molecule has 18 heavy (non-hydrogen) atoms. The second-order valence-corrected chi connectivity index (χ2v) is 3.98. The van der Waals surface area contributed by atoms with Crippen molar-refractivity contribution in [3.8, 4) is 16.9 Å². The molecule has 5 heteroatoms. The van der Waals surface area contributed by atoms with Gasteiger partial charge in [-0.1, -0.05) is 23.7 Å². The summed E-state index contributed by atoms with van der Waals surface area (Å²) >= 11 is 6.02. The first-order chi connectivity index (χ1) is 8.66. The molecule has 0 saturated heterocycles. The van der Waals surface area contributed by atoms with Gasteiger partial charge in [0.05, 0.1) is 5.02 Å². The number of carboxylic acids is 1. The smallest absolute Gasteiger partial charge is 0.341 e. The highest BCUT2D eigenvalue weighted by molar-refractivity contribution is 6.32. The number of halogens is 1. The fraction of sp³-hybridized carbons (Fsp3) is 0.0769. The summed E-state index contributed by atoms with van der Waals surface area (Å²) in [6.45, 7) is -0.411. The van der Waals surface area contributed by atoms with Gasteiger partial charge in [-0.25, -0.2) is 4.79 Å². The molecular weight excluding hydrogens is 254 g/mol. The van der Waals surface area contributed by atoms with Crippen LogP contribution in [0.2, 0.25) is 5.02 Å². The van der Waals surface area contributed by atoms with Crippen molar-refractivity contribution in [2.45, 2.75) is 0 Å². The van der Waals surface area contributed by atoms with Crippen LogP contribution in [-0.4, -0.2) is 22.7 Å². The molecule has 1 aromatic carbocycles. The summed E-state index contributed by atoms with van der Waals surface area (Å²) in [4.78, 5) is 14.4. The molecule has 0 amide bonds. The van der Waals surface area contributed by atoms with E-state index in [4.69, 9.17) is 21.4 Å². The van der Waals surface area contributed by atoms with Gasteiger partial charge in [-0.2, -0.15) is 0 Å². The van der Waals surface area contributed by atoms with E-state index >= 15 is 0 Å². The molecule has 0 saturated carbocycles. The number of aliphatic carboxylic acids is 1. The van der Waals surface area contributed by atoms with Gasteiger partial charge < -0.3 is 9.84 Å². The molecule has 0 aliphatic carbocycles. The molecule has 1 N–H and O–H groups in total. The third-order valence-electron chi connectivity index (χ3n) is 2.28. The van der Waals surface area contributed by atoms with E-state index in [9.17, 15) is 4.79 Å². The van der Waals surface area contributed by atoms with Gasteiger partial charge in [0.1, 0.15) is 5.75 Å². The molecule has 0 aliphatic heterocycles. The maximum absolute atomic E-state index is 10.4. The van der Waals surface area contributed by atoms with Crippen molar-refractivity contribution in [3.05, 3.63) is 47.7 Å². The average Bonchev–Trinajstić information content (AvgIpc) is 2.38. The van der Waals surface area contributed by atoms with Crippen LogP contribution >= 0.6 is 11.6 Å². The van der Waals surface area contributed by atoms with E-state index in [1.165, 1.54) is 0 Å². The van der Waals surface area contributed by atoms with E-state index in [0.717, 1.165) is 11.1 Å². The molecule has 0 fully saturated rings. The minimum absolute atomic E-state index is 0.353. The SMILES string of the molecule is O=C(O)COc1ccc(-c2cccnc2)cc1Cl. The van der Waals surface area contributed by atoms with E-state index in [1.807, 2.05) is 12.1 Å². The fourth-order valence-corrected chi connectivity index (χ4v) is 1.71. The number of benzene rings is 1. The molecule has 0 unspecified atom stereocenters. The zero-order valence-electron chi connectivity index (χ0n) is 9.34. The summed E-state index contributed by atoms with van der Waals surface area (Å²) < 4.78 is 5.04. The van der Waals surface area contributed by atoms with Crippen LogP contribution in [0.4, 0.5) is 0 Å². The van der Waals surface area contributed by atoms with Gasteiger partial charge in [0.2, 0.25) is 0 Å². The summed E-state index contributed by atoms with van der Waals surface area (Å²) in [5.41, 5.74) is 1.83. The molecule has 1 heterocycles. The van der Waals surface area contributed by atoms with Crippen molar-refractivity contribution >= 4 is 17.6 Å². The molecule has 0 atom stereocenters. The highest BCUT2D eigenvalue weighted by Gasteiger charge is 2.06. The maximum atomic E-state index is 10.4. The lowest BCUT2D eigenvalue weighted by Gasteiger charge is -2.07. The topological polar surface area (TPSA) is 59.4 Å². The second kappa shape index (κ2) is 5.51. The highest BCUT2D eigenvalue weighted by Crippen LogP contribution is 2.29. The molecular formula is C13H10ClNO3. The van der Waals surface area contributed by atoms with Gasteiger partial charge in [-0.05, 0) is 23.8 Å². The van der Waals surface area contributed by atoms with E-state index in [0.29, 0.717) is 10.8 Å². The van der Waals surface area contributed by atoms with E-state index in [2.05, 4.69) is 4.98 Å².